The predicted molar refractivity (Wildman–Crippen MR) is 50.3 cm³/mol. The number of rotatable bonds is 3. The highest BCUT2D eigenvalue weighted by Crippen LogP contribution is 2.21. The number of carboxylic acids is 1. The number of aromatic carboxylic acids is 1. The fraction of sp³-hybridized carbons (Fsp3) is 0.400. The summed E-state index contributed by atoms with van der Waals surface area (Å²) >= 11 is 0. The van der Waals surface area contributed by atoms with Crippen molar-refractivity contribution < 1.29 is 23.1 Å². The SMILES string of the molecule is Cc1nc(CCC(F)(F)F)ccc1C(=O)O. The first-order valence-electron chi connectivity index (χ1n) is 4.56. The summed E-state index contributed by atoms with van der Waals surface area (Å²) in [6, 6.07) is 2.58. The fourth-order valence-corrected chi connectivity index (χ4v) is 1.25. The third kappa shape index (κ3) is 3.52. The van der Waals surface area contributed by atoms with Crippen molar-refractivity contribution >= 4 is 5.97 Å². The lowest BCUT2D eigenvalue weighted by atomic mass is 10.1. The van der Waals surface area contributed by atoms with Crippen LogP contribution in [0, 0.1) is 6.92 Å². The summed E-state index contributed by atoms with van der Waals surface area (Å²) in [5.74, 6) is -1.13. The van der Waals surface area contributed by atoms with Crippen LogP contribution in [0.2, 0.25) is 0 Å². The van der Waals surface area contributed by atoms with E-state index in [-0.39, 0.29) is 23.4 Å². The molecule has 0 aliphatic carbocycles. The first-order chi connectivity index (χ1) is 7.29. The maximum atomic E-state index is 11.9. The lowest BCUT2D eigenvalue weighted by molar-refractivity contribution is -0.134. The minimum Gasteiger partial charge on any atom is -0.478 e. The van der Waals surface area contributed by atoms with E-state index in [1.807, 2.05) is 0 Å². The monoisotopic (exact) mass is 233 g/mol. The summed E-state index contributed by atoms with van der Waals surface area (Å²) in [6.07, 6.45) is -5.41. The minimum atomic E-state index is -4.22. The Bertz CT molecular complexity index is 402. The predicted octanol–water partition coefficient (Wildman–Crippen LogP) is 2.58. The van der Waals surface area contributed by atoms with Crippen molar-refractivity contribution in [1.29, 1.82) is 0 Å². The number of hydrogen-bond donors (Lipinski definition) is 1. The van der Waals surface area contributed by atoms with E-state index in [2.05, 4.69) is 4.98 Å². The van der Waals surface area contributed by atoms with Crippen LogP contribution in [0.15, 0.2) is 12.1 Å². The van der Waals surface area contributed by atoms with E-state index in [0.717, 1.165) is 0 Å². The summed E-state index contributed by atoms with van der Waals surface area (Å²) in [6.45, 7) is 1.46. The van der Waals surface area contributed by atoms with Crippen LogP contribution >= 0.6 is 0 Å². The van der Waals surface area contributed by atoms with Crippen LogP contribution in [0.25, 0.3) is 0 Å². The maximum absolute atomic E-state index is 11.9. The van der Waals surface area contributed by atoms with E-state index in [0.29, 0.717) is 0 Å². The summed E-state index contributed by atoms with van der Waals surface area (Å²) in [5, 5.41) is 8.70. The molecule has 1 rings (SSSR count). The average molecular weight is 233 g/mol. The van der Waals surface area contributed by atoms with Gasteiger partial charge in [-0.1, -0.05) is 0 Å². The van der Waals surface area contributed by atoms with E-state index in [1.54, 1.807) is 0 Å². The number of nitrogens with zero attached hydrogens (tertiary/aromatic N) is 1. The molecule has 1 aromatic rings. The number of carbonyl (C=O) groups is 1. The molecule has 88 valence electrons. The van der Waals surface area contributed by atoms with Crippen LogP contribution in [0.4, 0.5) is 13.2 Å². The minimum absolute atomic E-state index is 0.00996. The Balaban J connectivity index is 2.78. The third-order valence-corrected chi connectivity index (χ3v) is 2.04. The van der Waals surface area contributed by atoms with Gasteiger partial charge in [0, 0.05) is 12.1 Å². The van der Waals surface area contributed by atoms with Crippen LogP contribution < -0.4 is 0 Å². The molecule has 0 atom stereocenters. The van der Waals surface area contributed by atoms with E-state index >= 15 is 0 Å². The number of aromatic nitrogens is 1. The normalized spacial score (nSPS) is 11.5. The second-order valence-electron chi connectivity index (χ2n) is 3.36. The molecule has 0 saturated carbocycles. The Morgan fingerprint density at radius 3 is 2.50 bits per heavy atom. The highest BCUT2D eigenvalue weighted by molar-refractivity contribution is 5.88. The summed E-state index contributed by atoms with van der Waals surface area (Å²) in [5.41, 5.74) is 0.489. The zero-order valence-corrected chi connectivity index (χ0v) is 8.51. The van der Waals surface area contributed by atoms with Crippen LogP contribution in [-0.4, -0.2) is 22.2 Å². The van der Waals surface area contributed by atoms with E-state index in [9.17, 15) is 18.0 Å². The highest BCUT2D eigenvalue weighted by Gasteiger charge is 2.26. The van der Waals surface area contributed by atoms with Crippen LogP contribution in [-0.2, 0) is 6.42 Å². The van der Waals surface area contributed by atoms with Gasteiger partial charge in [-0.2, -0.15) is 13.2 Å². The van der Waals surface area contributed by atoms with Gasteiger partial charge < -0.3 is 5.11 Å². The molecule has 0 bridgehead atoms. The lowest BCUT2D eigenvalue weighted by Crippen LogP contribution is -2.10. The Morgan fingerprint density at radius 1 is 1.44 bits per heavy atom. The first-order valence-corrected chi connectivity index (χ1v) is 4.56. The van der Waals surface area contributed by atoms with Gasteiger partial charge >= 0.3 is 12.1 Å². The van der Waals surface area contributed by atoms with Crippen molar-refractivity contribution in [2.75, 3.05) is 0 Å². The largest absolute Gasteiger partial charge is 0.478 e. The molecule has 16 heavy (non-hydrogen) atoms. The van der Waals surface area contributed by atoms with Crippen molar-refractivity contribution in [2.24, 2.45) is 0 Å². The van der Waals surface area contributed by atoms with Gasteiger partial charge in [0.2, 0.25) is 0 Å². The Morgan fingerprint density at radius 2 is 2.06 bits per heavy atom. The first kappa shape index (κ1) is 12.5. The molecule has 0 aliphatic heterocycles. The smallest absolute Gasteiger partial charge is 0.389 e. The number of alkyl halides is 3. The number of aryl methyl sites for hydroxylation is 2. The topological polar surface area (TPSA) is 50.2 Å². The molecular formula is C10H10F3NO2. The zero-order valence-electron chi connectivity index (χ0n) is 8.51. The molecule has 0 unspecified atom stereocenters. The molecule has 1 N–H and O–H groups in total. The molecular weight excluding hydrogens is 223 g/mol. The Kier molecular flexibility index (Phi) is 3.51. The molecule has 0 aromatic carbocycles. The van der Waals surface area contributed by atoms with Gasteiger partial charge in [0.25, 0.3) is 0 Å². The number of carboxylic acid groups (broad SMARTS) is 1. The molecule has 0 amide bonds. The molecule has 0 spiro atoms. The van der Waals surface area contributed by atoms with Crippen LogP contribution in [0.1, 0.15) is 28.2 Å². The number of hydrogen-bond acceptors (Lipinski definition) is 2. The molecule has 0 radical (unpaired) electrons. The number of pyridine rings is 1. The van der Waals surface area contributed by atoms with Gasteiger partial charge in [0.15, 0.2) is 0 Å². The number of halogens is 3. The summed E-state index contributed by atoms with van der Waals surface area (Å²) < 4.78 is 35.8. The van der Waals surface area contributed by atoms with Crippen molar-refractivity contribution in [1.82, 2.24) is 4.98 Å². The van der Waals surface area contributed by atoms with Gasteiger partial charge in [0.1, 0.15) is 0 Å². The van der Waals surface area contributed by atoms with Gasteiger partial charge in [-0.3, -0.25) is 4.98 Å². The summed E-state index contributed by atoms with van der Waals surface area (Å²) in [4.78, 5) is 14.4. The zero-order chi connectivity index (χ0) is 12.3. The molecule has 1 aromatic heterocycles. The van der Waals surface area contributed by atoms with Crippen molar-refractivity contribution in [3.05, 3.63) is 29.1 Å². The Hall–Kier alpha value is -1.59. The lowest BCUT2D eigenvalue weighted by Gasteiger charge is -2.07. The molecule has 0 fully saturated rings. The van der Waals surface area contributed by atoms with Gasteiger partial charge in [0.05, 0.1) is 11.3 Å². The highest BCUT2D eigenvalue weighted by atomic mass is 19.4. The van der Waals surface area contributed by atoms with Gasteiger partial charge in [-0.05, 0) is 25.5 Å². The molecule has 3 nitrogen and oxygen atoms in total. The van der Waals surface area contributed by atoms with Gasteiger partial charge in [-0.25, -0.2) is 4.79 Å². The molecule has 0 saturated heterocycles. The molecule has 6 heteroatoms. The van der Waals surface area contributed by atoms with Crippen LogP contribution in [0.3, 0.4) is 0 Å². The van der Waals surface area contributed by atoms with E-state index in [4.69, 9.17) is 5.11 Å². The van der Waals surface area contributed by atoms with Crippen LogP contribution in [0.5, 0.6) is 0 Å². The van der Waals surface area contributed by atoms with Crippen molar-refractivity contribution in [3.8, 4) is 0 Å². The van der Waals surface area contributed by atoms with E-state index < -0.39 is 18.6 Å². The van der Waals surface area contributed by atoms with Crippen molar-refractivity contribution in [3.63, 3.8) is 0 Å². The Labute approximate surface area is 89.9 Å². The third-order valence-electron chi connectivity index (χ3n) is 2.04. The van der Waals surface area contributed by atoms with Crippen molar-refractivity contribution in [2.45, 2.75) is 25.9 Å². The second kappa shape index (κ2) is 4.51. The standard InChI is InChI=1S/C10H10F3NO2/c1-6-8(9(15)16)3-2-7(14-6)4-5-10(11,12)13/h2-3H,4-5H2,1H3,(H,15,16). The second-order valence-corrected chi connectivity index (χ2v) is 3.36. The summed E-state index contributed by atoms with van der Waals surface area (Å²) in [7, 11) is 0. The maximum Gasteiger partial charge on any atom is 0.389 e. The fourth-order valence-electron chi connectivity index (χ4n) is 1.25. The van der Waals surface area contributed by atoms with Gasteiger partial charge in [-0.15, -0.1) is 0 Å². The average Bonchev–Trinajstić information content (AvgIpc) is 2.13. The van der Waals surface area contributed by atoms with E-state index in [1.165, 1.54) is 19.1 Å². The molecule has 1 heterocycles. The quantitative estimate of drug-likeness (QED) is 0.872. The molecule has 0 aliphatic rings.